The smallest absolute Gasteiger partial charge is 0.408 e. The lowest BCUT2D eigenvalue weighted by molar-refractivity contribution is -0.193. The molecule has 1 fully saturated rings. The van der Waals surface area contributed by atoms with E-state index in [1.165, 1.54) is 7.11 Å². The molecular weight excluding hydrogens is 326 g/mol. The van der Waals surface area contributed by atoms with Crippen molar-refractivity contribution in [2.24, 2.45) is 0 Å². The van der Waals surface area contributed by atoms with E-state index in [1.54, 1.807) is 6.92 Å². The molecule has 2 rings (SSSR count). The van der Waals surface area contributed by atoms with Crippen molar-refractivity contribution in [2.45, 2.75) is 51.2 Å². The summed E-state index contributed by atoms with van der Waals surface area (Å²) < 4.78 is 21.2. The number of benzene rings is 1. The Hall–Kier alpha value is -2.12. The van der Waals surface area contributed by atoms with Gasteiger partial charge in [0.15, 0.2) is 12.3 Å². The van der Waals surface area contributed by atoms with E-state index in [9.17, 15) is 9.59 Å². The van der Waals surface area contributed by atoms with Crippen LogP contribution in [0.5, 0.6) is 0 Å². The first-order valence-electron chi connectivity index (χ1n) is 8.42. The maximum Gasteiger partial charge on any atom is 0.408 e. The normalized spacial score (nSPS) is 19.5. The molecule has 1 aliphatic rings. The highest BCUT2D eigenvalue weighted by Crippen LogP contribution is 2.17. The third kappa shape index (κ3) is 6.36. The number of amides is 1. The van der Waals surface area contributed by atoms with Gasteiger partial charge in [0.2, 0.25) is 0 Å². The molecule has 0 aromatic heterocycles. The standard InChI is InChI=1S/C18H25NO6/c1-13(25-15-10-6-7-11-23-15)16(17(20)22-2)19-18(21)24-12-14-8-4-3-5-9-14/h3-5,8-9,13,15-16H,6-7,10-12H2,1-2H3,(H,19,21)/t13-,15?,16-/m0/s1. The van der Waals surface area contributed by atoms with Crippen LogP contribution in [0.15, 0.2) is 30.3 Å². The molecule has 1 amide bonds. The maximum atomic E-state index is 12.0. The fourth-order valence-corrected chi connectivity index (χ4v) is 2.52. The number of alkyl carbamates (subject to hydrolysis) is 1. The second kappa shape index (κ2) is 10.0. The summed E-state index contributed by atoms with van der Waals surface area (Å²) in [4.78, 5) is 24.0. The lowest BCUT2D eigenvalue weighted by atomic mass is 10.1. The Morgan fingerprint density at radius 1 is 1.28 bits per heavy atom. The number of nitrogens with one attached hydrogen (secondary N) is 1. The molecule has 1 saturated heterocycles. The van der Waals surface area contributed by atoms with E-state index >= 15 is 0 Å². The molecule has 1 heterocycles. The summed E-state index contributed by atoms with van der Waals surface area (Å²) in [5.74, 6) is -0.597. The molecule has 0 aliphatic carbocycles. The number of ether oxygens (including phenoxy) is 4. The molecule has 1 aromatic rings. The molecule has 138 valence electrons. The Balaban J connectivity index is 1.87. The van der Waals surface area contributed by atoms with E-state index in [-0.39, 0.29) is 12.9 Å². The Labute approximate surface area is 147 Å². The van der Waals surface area contributed by atoms with E-state index in [1.807, 2.05) is 30.3 Å². The highest BCUT2D eigenvalue weighted by molar-refractivity contribution is 5.81. The van der Waals surface area contributed by atoms with Gasteiger partial charge in [-0.2, -0.15) is 0 Å². The van der Waals surface area contributed by atoms with Gasteiger partial charge in [0, 0.05) is 6.61 Å². The summed E-state index contributed by atoms with van der Waals surface area (Å²) in [6.07, 6.45) is 1.07. The van der Waals surface area contributed by atoms with Gasteiger partial charge in [-0.05, 0) is 31.7 Å². The van der Waals surface area contributed by atoms with Gasteiger partial charge in [0.05, 0.1) is 13.2 Å². The SMILES string of the molecule is COC(=O)[C@@H](NC(=O)OCc1ccccc1)[C@H](C)OC1CCCCO1. The molecule has 1 aliphatic heterocycles. The predicted molar refractivity (Wildman–Crippen MR) is 89.7 cm³/mol. The summed E-state index contributed by atoms with van der Waals surface area (Å²) in [6, 6.07) is 8.30. The van der Waals surface area contributed by atoms with Crippen LogP contribution in [0.2, 0.25) is 0 Å². The van der Waals surface area contributed by atoms with Crippen LogP contribution in [-0.2, 0) is 30.3 Å². The van der Waals surface area contributed by atoms with Crippen molar-refractivity contribution < 1.29 is 28.5 Å². The maximum absolute atomic E-state index is 12.0. The molecule has 7 nitrogen and oxygen atoms in total. The summed E-state index contributed by atoms with van der Waals surface area (Å²) in [7, 11) is 1.26. The third-order valence-electron chi connectivity index (χ3n) is 3.91. The van der Waals surface area contributed by atoms with Crippen molar-refractivity contribution in [3.63, 3.8) is 0 Å². The first-order valence-corrected chi connectivity index (χ1v) is 8.42. The number of hydrogen-bond acceptors (Lipinski definition) is 6. The van der Waals surface area contributed by atoms with Crippen LogP contribution in [0.4, 0.5) is 4.79 Å². The minimum Gasteiger partial charge on any atom is -0.467 e. The Bertz CT molecular complexity index is 544. The lowest BCUT2D eigenvalue weighted by Crippen LogP contribution is -2.50. The van der Waals surface area contributed by atoms with Crippen molar-refractivity contribution in [3.05, 3.63) is 35.9 Å². The summed E-state index contributed by atoms with van der Waals surface area (Å²) in [5, 5.41) is 2.51. The monoisotopic (exact) mass is 351 g/mol. The van der Waals surface area contributed by atoms with Crippen LogP contribution in [0.1, 0.15) is 31.7 Å². The van der Waals surface area contributed by atoms with Gasteiger partial charge in [-0.25, -0.2) is 9.59 Å². The minimum atomic E-state index is -0.973. The Kier molecular flexibility index (Phi) is 7.69. The largest absolute Gasteiger partial charge is 0.467 e. The highest BCUT2D eigenvalue weighted by atomic mass is 16.7. The topological polar surface area (TPSA) is 83.1 Å². The van der Waals surface area contributed by atoms with E-state index in [4.69, 9.17) is 18.9 Å². The molecule has 7 heteroatoms. The molecule has 1 N–H and O–H groups in total. The van der Waals surface area contributed by atoms with Crippen molar-refractivity contribution in [1.82, 2.24) is 5.32 Å². The zero-order chi connectivity index (χ0) is 18.1. The summed E-state index contributed by atoms with van der Waals surface area (Å²) in [6.45, 7) is 2.44. The number of esters is 1. The van der Waals surface area contributed by atoms with Gasteiger partial charge < -0.3 is 24.3 Å². The van der Waals surface area contributed by atoms with Gasteiger partial charge in [-0.15, -0.1) is 0 Å². The molecule has 0 saturated carbocycles. The van der Waals surface area contributed by atoms with E-state index < -0.39 is 24.2 Å². The first kappa shape index (κ1) is 19.2. The molecule has 3 atom stereocenters. The zero-order valence-corrected chi connectivity index (χ0v) is 14.6. The van der Waals surface area contributed by atoms with Gasteiger partial charge in [-0.3, -0.25) is 0 Å². The average molecular weight is 351 g/mol. The quantitative estimate of drug-likeness (QED) is 0.760. The number of methoxy groups -OCH3 is 1. The summed E-state index contributed by atoms with van der Waals surface area (Å²) in [5.41, 5.74) is 0.854. The number of hydrogen-bond donors (Lipinski definition) is 1. The van der Waals surface area contributed by atoms with Gasteiger partial charge in [0.25, 0.3) is 0 Å². The van der Waals surface area contributed by atoms with E-state index in [0.29, 0.717) is 6.61 Å². The fraction of sp³-hybridized carbons (Fsp3) is 0.556. The number of rotatable bonds is 7. The van der Waals surface area contributed by atoms with Gasteiger partial charge in [0.1, 0.15) is 6.61 Å². The van der Waals surface area contributed by atoms with Crippen molar-refractivity contribution in [2.75, 3.05) is 13.7 Å². The van der Waals surface area contributed by atoms with Crippen LogP contribution in [0.25, 0.3) is 0 Å². The second-order valence-electron chi connectivity index (χ2n) is 5.84. The molecule has 25 heavy (non-hydrogen) atoms. The van der Waals surface area contributed by atoms with Gasteiger partial charge >= 0.3 is 12.1 Å². The average Bonchev–Trinajstić information content (AvgIpc) is 2.65. The molecular formula is C18H25NO6. The van der Waals surface area contributed by atoms with E-state index in [2.05, 4.69) is 5.32 Å². The Morgan fingerprint density at radius 2 is 2.04 bits per heavy atom. The van der Waals surface area contributed by atoms with Crippen LogP contribution in [-0.4, -0.2) is 44.2 Å². The van der Waals surface area contributed by atoms with Crippen LogP contribution < -0.4 is 5.32 Å². The first-order chi connectivity index (χ1) is 12.1. The van der Waals surface area contributed by atoms with Crippen molar-refractivity contribution in [1.29, 1.82) is 0 Å². The molecule has 1 aromatic carbocycles. The van der Waals surface area contributed by atoms with Crippen molar-refractivity contribution in [3.8, 4) is 0 Å². The second-order valence-corrected chi connectivity index (χ2v) is 5.84. The predicted octanol–water partition coefficient (Wildman–Crippen LogP) is 2.39. The van der Waals surface area contributed by atoms with Crippen molar-refractivity contribution >= 4 is 12.1 Å². The molecule has 0 spiro atoms. The number of carbonyl (C=O) groups is 2. The fourth-order valence-electron chi connectivity index (χ4n) is 2.52. The van der Waals surface area contributed by atoms with Crippen LogP contribution >= 0.6 is 0 Å². The van der Waals surface area contributed by atoms with E-state index in [0.717, 1.165) is 24.8 Å². The van der Waals surface area contributed by atoms with Crippen LogP contribution in [0, 0.1) is 0 Å². The minimum absolute atomic E-state index is 0.113. The van der Waals surface area contributed by atoms with Gasteiger partial charge in [-0.1, -0.05) is 30.3 Å². The zero-order valence-electron chi connectivity index (χ0n) is 14.6. The molecule has 1 unspecified atom stereocenters. The lowest BCUT2D eigenvalue weighted by Gasteiger charge is -2.29. The highest BCUT2D eigenvalue weighted by Gasteiger charge is 2.31. The number of carbonyl (C=O) groups excluding carboxylic acids is 2. The molecule has 0 bridgehead atoms. The molecule has 0 radical (unpaired) electrons. The third-order valence-corrected chi connectivity index (χ3v) is 3.91. The Morgan fingerprint density at radius 3 is 2.68 bits per heavy atom. The summed E-state index contributed by atoms with van der Waals surface area (Å²) >= 11 is 0. The van der Waals surface area contributed by atoms with Crippen LogP contribution in [0.3, 0.4) is 0 Å².